The predicted octanol–water partition coefficient (Wildman–Crippen LogP) is 4.17. The van der Waals surface area contributed by atoms with Crippen molar-refractivity contribution in [3.63, 3.8) is 0 Å². The van der Waals surface area contributed by atoms with Crippen molar-refractivity contribution in [1.29, 1.82) is 0 Å². The van der Waals surface area contributed by atoms with Gasteiger partial charge in [-0.1, -0.05) is 22.9 Å². The third kappa shape index (κ3) is 3.64. The molecule has 5 heteroatoms. The van der Waals surface area contributed by atoms with Crippen LogP contribution >= 0.6 is 31.9 Å². The summed E-state index contributed by atoms with van der Waals surface area (Å²) in [4.78, 5) is 0.390. The van der Waals surface area contributed by atoms with Crippen molar-refractivity contribution in [3.05, 3.63) is 22.7 Å². The van der Waals surface area contributed by atoms with Crippen LogP contribution in [0, 0.1) is 0 Å². The van der Waals surface area contributed by atoms with E-state index in [1.54, 1.807) is 7.11 Å². The monoisotopic (exact) mass is 392 g/mol. The maximum atomic E-state index is 6.00. The van der Waals surface area contributed by atoms with Gasteiger partial charge in [0.15, 0.2) is 0 Å². The van der Waals surface area contributed by atoms with E-state index in [-0.39, 0.29) is 12.2 Å². The average molecular weight is 394 g/mol. The summed E-state index contributed by atoms with van der Waals surface area (Å²) < 4.78 is 17.9. The van der Waals surface area contributed by atoms with Gasteiger partial charge in [0.25, 0.3) is 0 Å². The summed E-state index contributed by atoms with van der Waals surface area (Å²) in [5.41, 5.74) is 0. The SMILES string of the molecule is CCCOC1C(Br)CC1Oc1ccc(OC)cc1Br. The van der Waals surface area contributed by atoms with E-state index >= 15 is 0 Å². The number of alkyl halides is 1. The molecule has 0 bridgehead atoms. The van der Waals surface area contributed by atoms with Crippen molar-refractivity contribution in [3.8, 4) is 11.5 Å². The van der Waals surface area contributed by atoms with Gasteiger partial charge in [-0.25, -0.2) is 0 Å². The lowest BCUT2D eigenvalue weighted by molar-refractivity contribution is -0.0764. The van der Waals surface area contributed by atoms with Gasteiger partial charge in [0.05, 0.1) is 11.6 Å². The van der Waals surface area contributed by atoms with Crippen LogP contribution in [0.25, 0.3) is 0 Å². The largest absolute Gasteiger partial charge is 0.497 e. The van der Waals surface area contributed by atoms with Gasteiger partial charge in [-0.05, 0) is 40.5 Å². The molecule has 0 aliphatic heterocycles. The zero-order valence-electron chi connectivity index (χ0n) is 11.1. The van der Waals surface area contributed by atoms with E-state index in [1.165, 1.54) is 0 Å². The molecular weight excluding hydrogens is 376 g/mol. The van der Waals surface area contributed by atoms with E-state index in [9.17, 15) is 0 Å². The third-order valence-corrected chi connectivity index (χ3v) is 4.63. The molecule has 1 aromatic carbocycles. The Kier molecular flexibility index (Phi) is 5.54. The Labute approximate surface area is 130 Å². The summed E-state index contributed by atoms with van der Waals surface area (Å²) in [5, 5.41) is 0. The van der Waals surface area contributed by atoms with E-state index in [1.807, 2.05) is 18.2 Å². The fourth-order valence-corrected chi connectivity index (χ4v) is 3.29. The highest BCUT2D eigenvalue weighted by molar-refractivity contribution is 9.10. The van der Waals surface area contributed by atoms with Crippen LogP contribution in [-0.2, 0) is 4.74 Å². The molecule has 0 N–H and O–H groups in total. The minimum atomic E-state index is 0.112. The van der Waals surface area contributed by atoms with Crippen molar-refractivity contribution in [1.82, 2.24) is 0 Å². The fourth-order valence-electron chi connectivity index (χ4n) is 1.98. The first-order chi connectivity index (χ1) is 9.15. The normalized spacial score (nSPS) is 25.8. The number of rotatable bonds is 6. The molecule has 1 aliphatic carbocycles. The lowest BCUT2D eigenvalue weighted by Gasteiger charge is -2.41. The van der Waals surface area contributed by atoms with E-state index in [4.69, 9.17) is 14.2 Å². The van der Waals surface area contributed by atoms with Crippen molar-refractivity contribution < 1.29 is 14.2 Å². The second-order valence-corrected chi connectivity index (χ2v) is 6.57. The van der Waals surface area contributed by atoms with Crippen LogP contribution in [0.5, 0.6) is 11.5 Å². The van der Waals surface area contributed by atoms with Gasteiger partial charge in [-0.3, -0.25) is 0 Å². The van der Waals surface area contributed by atoms with Crippen molar-refractivity contribution in [2.24, 2.45) is 0 Å². The molecule has 0 radical (unpaired) electrons. The molecule has 0 spiro atoms. The van der Waals surface area contributed by atoms with Gasteiger partial charge in [-0.2, -0.15) is 0 Å². The van der Waals surface area contributed by atoms with Gasteiger partial charge < -0.3 is 14.2 Å². The average Bonchev–Trinajstić information content (AvgIpc) is 2.40. The Morgan fingerprint density at radius 1 is 1.37 bits per heavy atom. The highest BCUT2D eigenvalue weighted by Gasteiger charge is 2.42. The smallest absolute Gasteiger partial charge is 0.134 e. The van der Waals surface area contributed by atoms with E-state index in [0.717, 1.165) is 35.4 Å². The first-order valence-corrected chi connectivity index (χ1v) is 8.12. The summed E-state index contributed by atoms with van der Waals surface area (Å²) in [6.07, 6.45) is 2.23. The van der Waals surface area contributed by atoms with E-state index < -0.39 is 0 Å². The Bertz CT molecular complexity index is 425. The topological polar surface area (TPSA) is 27.7 Å². The summed E-state index contributed by atoms with van der Waals surface area (Å²) in [7, 11) is 1.65. The number of hydrogen-bond donors (Lipinski definition) is 0. The number of halogens is 2. The molecular formula is C14H18Br2O3. The van der Waals surface area contributed by atoms with Crippen LogP contribution in [0.15, 0.2) is 22.7 Å². The van der Waals surface area contributed by atoms with Crippen LogP contribution in [0.4, 0.5) is 0 Å². The van der Waals surface area contributed by atoms with Crippen LogP contribution in [0.2, 0.25) is 0 Å². The van der Waals surface area contributed by atoms with Crippen LogP contribution in [0.3, 0.4) is 0 Å². The molecule has 1 aromatic rings. The molecule has 0 amide bonds. The minimum Gasteiger partial charge on any atom is -0.497 e. The summed E-state index contributed by atoms with van der Waals surface area (Å²) >= 11 is 7.12. The number of benzene rings is 1. The van der Waals surface area contributed by atoms with Gasteiger partial charge in [0.1, 0.15) is 23.7 Å². The summed E-state index contributed by atoms with van der Waals surface area (Å²) in [6.45, 7) is 2.88. The molecule has 19 heavy (non-hydrogen) atoms. The van der Waals surface area contributed by atoms with Gasteiger partial charge in [-0.15, -0.1) is 0 Å². The Balaban J connectivity index is 1.97. The lowest BCUT2D eigenvalue weighted by Crippen LogP contribution is -2.52. The van der Waals surface area contributed by atoms with E-state index in [0.29, 0.717) is 4.83 Å². The maximum absolute atomic E-state index is 6.00. The first kappa shape index (κ1) is 15.1. The molecule has 1 aliphatic rings. The Morgan fingerprint density at radius 3 is 2.74 bits per heavy atom. The summed E-state index contributed by atoms with van der Waals surface area (Å²) in [5.74, 6) is 1.64. The second kappa shape index (κ2) is 6.95. The highest BCUT2D eigenvalue weighted by Crippen LogP contribution is 2.37. The van der Waals surface area contributed by atoms with Crippen molar-refractivity contribution in [2.75, 3.05) is 13.7 Å². The molecule has 2 rings (SSSR count). The minimum absolute atomic E-state index is 0.112. The van der Waals surface area contributed by atoms with Crippen molar-refractivity contribution >= 4 is 31.9 Å². The molecule has 106 valence electrons. The molecule has 1 saturated carbocycles. The second-order valence-electron chi connectivity index (χ2n) is 4.54. The lowest BCUT2D eigenvalue weighted by atomic mass is 9.91. The molecule has 3 unspecified atom stereocenters. The fraction of sp³-hybridized carbons (Fsp3) is 0.571. The third-order valence-electron chi connectivity index (χ3n) is 3.11. The molecule has 1 fully saturated rings. The van der Waals surface area contributed by atoms with E-state index in [2.05, 4.69) is 38.8 Å². The molecule has 3 nitrogen and oxygen atoms in total. The Morgan fingerprint density at radius 2 is 2.16 bits per heavy atom. The number of ether oxygens (including phenoxy) is 3. The van der Waals surface area contributed by atoms with Crippen LogP contribution in [0.1, 0.15) is 19.8 Å². The molecule has 0 aromatic heterocycles. The highest BCUT2D eigenvalue weighted by atomic mass is 79.9. The Hall–Kier alpha value is -0.260. The van der Waals surface area contributed by atoms with Crippen molar-refractivity contribution in [2.45, 2.75) is 36.8 Å². The maximum Gasteiger partial charge on any atom is 0.134 e. The van der Waals surface area contributed by atoms with Crippen LogP contribution < -0.4 is 9.47 Å². The summed E-state index contributed by atoms with van der Waals surface area (Å²) in [6, 6.07) is 5.72. The zero-order chi connectivity index (χ0) is 13.8. The van der Waals surface area contributed by atoms with Gasteiger partial charge in [0, 0.05) is 17.9 Å². The number of hydrogen-bond acceptors (Lipinski definition) is 3. The molecule has 0 saturated heterocycles. The quantitative estimate of drug-likeness (QED) is 0.679. The first-order valence-electron chi connectivity index (χ1n) is 6.41. The molecule has 0 heterocycles. The predicted molar refractivity (Wildman–Crippen MR) is 82.5 cm³/mol. The zero-order valence-corrected chi connectivity index (χ0v) is 14.2. The number of methoxy groups -OCH3 is 1. The van der Waals surface area contributed by atoms with Gasteiger partial charge in [0.2, 0.25) is 0 Å². The van der Waals surface area contributed by atoms with Crippen LogP contribution in [-0.4, -0.2) is 30.8 Å². The van der Waals surface area contributed by atoms with Gasteiger partial charge >= 0.3 is 0 Å². The molecule has 3 atom stereocenters. The standard InChI is InChI=1S/C14H18Br2O3/c1-3-6-18-14-11(16)8-13(14)19-12-5-4-9(17-2)7-10(12)15/h4-5,7,11,13-14H,3,6,8H2,1-2H3.